The van der Waals surface area contributed by atoms with Crippen LogP contribution >= 0.6 is 0 Å². The van der Waals surface area contributed by atoms with E-state index in [0.717, 1.165) is 44.9 Å². The molecule has 0 bridgehead atoms. The van der Waals surface area contributed by atoms with Gasteiger partial charge in [0.2, 0.25) is 0 Å². The van der Waals surface area contributed by atoms with Crippen LogP contribution in [-0.2, 0) is 23.8 Å². The highest BCUT2D eigenvalue weighted by Crippen LogP contribution is 2.10. The maximum atomic E-state index is 11.4. The molecule has 5 nitrogen and oxygen atoms in total. The molecule has 0 rings (SSSR count). The van der Waals surface area contributed by atoms with E-state index in [4.69, 9.17) is 14.2 Å². The van der Waals surface area contributed by atoms with E-state index in [-0.39, 0.29) is 18.0 Å². The van der Waals surface area contributed by atoms with Crippen LogP contribution in [0.15, 0.2) is 0 Å². The maximum absolute atomic E-state index is 11.4. The normalized spacial score (nSPS) is 12.0. The monoisotopic (exact) mass is 316 g/mol. The highest BCUT2D eigenvalue weighted by atomic mass is 16.6. The van der Waals surface area contributed by atoms with Gasteiger partial charge in [-0.3, -0.25) is 9.59 Å². The number of carbonyl (C=O) groups excluding carboxylic acids is 2. The minimum Gasteiger partial charge on any atom is -0.463 e. The van der Waals surface area contributed by atoms with E-state index < -0.39 is 0 Å². The smallest absolute Gasteiger partial charge is 0.306 e. The molecule has 1 atom stereocenters. The van der Waals surface area contributed by atoms with Crippen molar-refractivity contribution in [3.05, 3.63) is 0 Å². The van der Waals surface area contributed by atoms with Gasteiger partial charge in [-0.1, -0.05) is 32.6 Å². The SMILES string of the molecule is CCC(C)OC(=O)CCCCCCCCC(=O)OCCOC. The largest absolute Gasteiger partial charge is 0.463 e. The Morgan fingerprint density at radius 3 is 1.95 bits per heavy atom. The van der Waals surface area contributed by atoms with Gasteiger partial charge in [-0.05, 0) is 26.2 Å². The lowest BCUT2D eigenvalue weighted by Crippen LogP contribution is -2.13. The van der Waals surface area contributed by atoms with Gasteiger partial charge in [0.1, 0.15) is 6.61 Å². The van der Waals surface area contributed by atoms with E-state index in [0.29, 0.717) is 26.1 Å². The molecule has 0 heterocycles. The van der Waals surface area contributed by atoms with Gasteiger partial charge in [-0.15, -0.1) is 0 Å². The summed E-state index contributed by atoms with van der Waals surface area (Å²) in [6.45, 7) is 4.71. The Morgan fingerprint density at radius 2 is 1.41 bits per heavy atom. The van der Waals surface area contributed by atoms with Crippen molar-refractivity contribution < 1.29 is 23.8 Å². The Labute approximate surface area is 134 Å². The summed E-state index contributed by atoms with van der Waals surface area (Å²) < 4.78 is 15.0. The third-order valence-corrected chi connectivity index (χ3v) is 3.47. The van der Waals surface area contributed by atoms with Crippen LogP contribution in [0.25, 0.3) is 0 Å². The van der Waals surface area contributed by atoms with Gasteiger partial charge in [0.25, 0.3) is 0 Å². The van der Waals surface area contributed by atoms with Gasteiger partial charge in [-0.25, -0.2) is 0 Å². The molecule has 0 saturated carbocycles. The number of unbranched alkanes of at least 4 members (excludes halogenated alkanes) is 5. The van der Waals surface area contributed by atoms with E-state index >= 15 is 0 Å². The third kappa shape index (κ3) is 13.9. The summed E-state index contributed by atoms with van der Waals surface area (Å²) in [4.78, 5) is 22.8. The summed E-state index contributed by atoms with van der Waals surface area (Å²) in [6.07, 6.45) is 7.86. The van der Waals surface area contributed by atoms with Crippen LogP contribution in [0.5, 0.6) is 0 Å². The molecule has 0 aliphatic rings. The lowest BCUT2D eigenvalue weighted by atomic mass is 10.1. The topological polar surface area (TPSA) is 61.8 Å². The van der Waals surface area contributed by atoms with Gasteiger partial charge < -0.3 is 14.2 Å². The number of rotatable bonds is 14. The van der Waals surface area contributed by atoms with Crippen molar-refractivity contribution in [2.75, 3.05) is 20.3 Å². The maximum Gasteiger partial charge on any atom is 0.306 e. The summed E-state index contributed by atoms with van der Waals surface area (Å²) in [5.41, 5.74) is 0. The molecule has 0 aliphatic heterocycles. The number of methoxy groups -OCH3 is 1. The average Bonchev–Trinajstić information content (AvgIpc) is 2.50. The Kier molecular flexibility index (Phi) is 14.1. The number of carbonyl (C=O) groups is 2. The lowest BCUT2D eigenvalue weighted by Gasteiger charge is -2.10. The van der Waals surface area contributed by atoms with Gasteiger partial charge >= 0.3 is 11.9 Å². The van der Waals surface area contributed by atoms with E-state index in [1.807, 2.05) is 13.8 Å². The molecule has 1 unspecified atom stereocenters. The van der Waals surface area contributed by atoms with Crippen LogP contribution in [-0.4, -0.2) is 38.4 Å². The average molecular weight is 316 g/mol. The fraction of sp³-hybridized carbons (Fsp3) is 0.882. The molecule has 0 aromatic rings. The van der Waals surface area contributed by atoms with Crippen LogP contribution in [0.4, 0.5) is 0 Å². The van der Waals surface area contributed by atoms with Crippen molar-refractivity contribution in [3.63, 3.8) is 0 Å². The highest BCUT2D eigenvalue weighted by Gasteiger charge is 2.07. The highest BCUT2D eigenvalue weighted by molar-refractivity contribution is 5.69. The molecule has 22 heavy (non-hydrogen) atoms. The molecule has 0 N–H and O–H groups in total. The molecular formula is C17H32O5. The van der Waals surface area contributed by atoms with Crippen LogP contribution < -0.4 is 0 Å². The van der Waals surface area contributed by atoms with Crippen LogP contribution in [0.3, 0.4) is 0 Å². The Hall–Kier alpha value is -1.10. The molecule has 0 saturated heterocycles. The summed E-state index contributed by atoms with van der Waals surface area (Å²) in [5, 5.41) is 0. The Morgan fingerprint density at radius 1 is 0.864 bits per heavy atom. The lowest BCUT2D eigenvalue weighted by molar-refractivity contribution is -0.148. The van der Waals surface area contributed by atoms with Crippen LogP contribution in [0.1, 0.15) is 71.6 Å². The van der Waals surface area contributed by atoms with E-state index in [2.05, 4.69) is 0 Å². The van der Waals surface area contributed by atoms with Crippen molar-refractivity contribution in [1.29, 1.82) is 0 Å². The second-order valence-corrected chi connectivity index (χ2v) is 5.54. The van der Waals surface area contributed by atoms with Crippen molar-refractivity contribution in [2.24, 2.45) is 0 Å². The predicted octanol–water partition coefficient (Wildman–Crippen LogP) is 3.64. The first-order chi connectivity index (χ1) is 10.6. The molecule has 5 heteroatoms. The number of esters is 2. The zero-order valence-corrected chi connectivity index (χ0v) is 14.4. The summed E-state index contributed by atoms with van der Waals surface area (Å²) in [5.74, 6) is -0.238. The minimum absolute atomic E-state index is 0.0242. The zero-order valence-electron chi connectivity index (χ0n) is 14.4. The van der Waals surface area contributed by atoms with Crippen molar-refractivity contribution in [3.8, 4) is 0 Å². The summed E-state index contributed by atoms with van der Waals surface area (Å²) in [6, 6.07) is 0. The zero-order chi connectivity index (χ0) is 16.6. The fourth-order valence-corrected chi connectivity index (χ4v) is 1.92. The fourth-order valence-electron chi connectivity index (χ4n) is 1.92. The van der Waals surface area contributed by atoms with Crippen LogP contribution in [0, 0.1) is 0 Å². The molecule has 0 aliphatic carbocycles. The summed E-state index contributed by atoms with van der Waals surface area (Å²) in [7, 11) is 1.58. The van der Waals surface area contributed by atoms with Gasteiger partial charge in [0.15, 0.2) is 0 Å². The van der Waals surface area contributed by atoms with Gasteiger partial charge in [0, 0.05) is 20.0 Å². The van der Waals surface area contributed by atoms with E-state index in [1.54, 1.807) is 7.11 Å². The second-order valence-electron chi connectivity index (χ2n) is 5.54. The molecule has 130 valence electrons. The van der Waals surface area contributed by atoms with E-state index in [9.17, 15) is 9.59 Å². The van der Waals surface area contributed by atoms with Crippen molar-refractivity contribution in [1.82, 2.24) is 0 Å². The predicted molar refractivity (Wildman–Crippen MR) is 85.6 cm³/mol. The number of hydrogen-bond donors (Lipinski definition) is 0. The first kappa shape index (κ1) is 20.9. The van der Waals surface area contributed by atoms with Crippen LogP contribution in [0.2, 0.25) is 0 Å². The molecule has 0 amide bonds. The third-order valence-electron chi connectivity index (χ3n) is 3.47. The second kappa shape index (κ2) is 14.8. The molecule has 0 fully saturated rings. The van der Waals surface area contributed by atoms with E-state index in [1.165, 1.54) is 0 Å². The number of ether oxygens (including phenoxy) is 3. The van der Waals surface area contributed by atoms with Crippen molar-refractivity contribution >= 4 is 11.9 Å². The molecular weight excluding hydrogens is 284 g/mol. The molecule has 0 spiro atoms. The molecule has 0 radical (unpaired) electrons. The Bertz CT molecular complexity index is 291. The molecule has 0 aromatic heterocycles. The number of hydrogen-bond acceptors (Lipinski definition) is 5. The summed E-state index contributed by atoms with van der Waals surface area (Å²) >= 11 is 0. The van der Waals surface area contributed by atoms with Gasteiger partial charge in [0.05, 0.1) is 12.7 Å². The minimum atomic E-state index is -0.148. The van der Waals surface area contributed by atoms with Gasteiger partial charge in [-0.2, -0.15) is 0 Å². The first-order valence-electron chi connectivity index (χ1n) is 8.44. The Balaban J connectivity index is 3.29. The quantitative estimate of drug-likeness (QED) is 0.362. The molecule has 0 aromatic carbocycles. The first-order valence-corrected chi connectivity index (χ1v) is 8.44. The van der Waals surface area contributed by atoms with Crippen molar-refractivity contribution in [2.45, 2.75) is 77.7 Å². The standard InChI is InChI=1S/C17H32O5/c1-4-15(2)22-17(19)12-10-8-6-5-7-9-11-16(18)21-14-13-20-3/h15H,4-14H2,1-3H3.